The lowest BCUT2D eigenvalue weighted by Crippen LogP contribution is -2.29. The predicted octanol–water partition coefficient (Wildman–Crippen LogP) is 2.59. The Bertz CT molecular complexity index is 456. The highest BCUT2D eigenvalue weighted by Gasteiger charge is 2.09. The van der Waals surface area contributed by atoms with Crippen LogP contribution in [0.1, 0.15) is 17.2 Å². The Labute approximate surface area is 109 Å². The lowest BCUT2D eigenvalue weighted by atomic mass is 10.0. The van der Waals surface area contributed by atoms with Crippen molar-refractivity contribution in [2.24, 2.45) is 5.84 Å². The fraction of sp³-hybridized carbons (Fsp3) is 0.154. The van der Waals surface area contributed by atoms with E-state index >= 15 is 0 Å². The number of hydrogen-bond donors (Lipinski definition) is 2. The highest BCUT2D eigenvalue weighted by atomic mass is 79.9. The van der Waals surface area contributed by atoms with E-state index in [2.05, 4.69) is 38.5 Å². The van der Waals surface area contributed by atoms with Crippen LogP contribution in [0.2, 0.25) is 0 Å². The van der Waals surface area contributed by atoms with Gasteiger partial charge in [0, 0.05) is 16.9 Å². The molecule has 3 N–H and O–H groups in total. The van der Waals surface area contributed by atoms with Crippen molar-refractivity contribution in [1.29, 1.82) is 0 Å². The van der Waals surface area contributed by atoms with E-state index in [4.69, 9.17) is 5.84 Å². The smallest absolute Gasteiger partial charge is 0.0501 e. The second-order valence-corrected chi connectivity index (χ2v) is 4.75. The van der Waals surface area contributed by atoms with Gasteiger partial charge in [0.1, 0.15) is 0 Å². The second-order valence-electron chi connectivity index (χ2n) is 3.83. The molecule has 0 amide bonds. The van der Waals surface area contributed by atoms with Gasteiger partial charge >= 0.3 is 0 Å². The fourth-order valence-electron chi connectivity index (χ4n) is 1.72. The molecule has 17 heavy (non-hydrogen) atoms. The average Bonchev–Trinajstić information content (AvgIpc) is 2.39. The molecule has 1 aromatic heterocycles. The number of halogens is 1. The Morgan fingerprint density at radius 2 is 1.76 bits per heavy atom. The fourth-order valence-corrected chi connectivity index (χ4v) is 1.99. The molecule has 1 heterocycles. The molecular formula is C13H14BrN3. The van der Waals surface area contributed by atoms with Gasteiger partial charge in [-0.1, -0.05) is 28.1 Å². The third-order valence-corrected chi connectivity index (χ3v) is 3.19. The van der Waals surface area contributed by atoms with Crippen molar-refractivity contribution in [3.63, 3.8) is 0 Å². The number of nitrogens with one attached hydrogen (secondary N) is 1. The van der Waals surface area contributed by atoms with Crippen LogP contribution < -0.4 is 11.3 Å². The summed E-state index contributed by atoms with van der Waals surface area (Å²) < 4.78 is 1.09. The molecule has 0 aliphatic rings. The molecule has 3 nitrogen and oxygen atoms in total. The first-order valence-electron chi connectivity index (χ1n) is 5.40. The molecule has 1 unspecified atom stereocenters. The highest BCUT2D eigenvalue weighted by Crippen LogP contribution is 2.18. The molecule has 1 atom stereocenters. The minimum absolute atomic E-state index is 0.110. The number of benzene rings is 1. The van der Waals surface area contributed by atoms with Gasteiger partial charge in [-0.25, -0.2) is 0 Å². The first-order chi connectivity index (χ1) is 8.29. The number of rotatable bonds is 4. The highest BCUT2D eigenvalue weighted by molar-refractivity contribution is 9.10. The molecule has 88 valence electrons. The maximum absolute atomic E-state index is 5.60. The van der Waals surface area contributed by atoms with E-state index in [0.717, 1.165) is 16.5 Å². The summed E-state index contributed by atoms with van der Waals surface area (Å²) in [6.45, 7) is 0. The van der Waals surface area contributed by atoms with E-state index in [-0.39, 0.29) is 6.04 Å². The van der Waals surface area contributed by atoms with Gasteiger partial charge in [-0.05, 0) is 41.8 Å². The van der Waals surface area contributed by atoms with Gasteiger partial charge in [-0.15, -0.1) is 0 Å². The zero-order valence-corrected chi connectivity index (χ0v) is 10.9. The molecular weight excluding hydrogens is 278 g/mol. The normalized spacial score (nSPS) is 12.4. The molecule has 0 aliphatic carbocycles. The number of pyridine rings is 1. The molecule has 0 spiro atoms. The van der Waals surface area contributed by atoms with Crippen LogP contribution in [-0.4, -0.2) is 4.98 Å². The van der Waals surface area contributed by atoms with Crippen LogP contribution in [0.4, 0.5) is 0 Å². The summed E-state index contributed by atoms with van der Waals surface area (Å²) in [5.74, 6) is 5.60. The number of nitrogens with two attached hydrogens (primary N) is 1. The van der Waals surface area contributed by atoms with Gasteiger partial charge in [0.15, 0.2) is 0 Å². The van der Waals surface area contributed by atoms with Crippen LogP contribution in [0.25, 0.3) is 0 Å². The van der Waals surface area contributed by atoms with Crippen LogP contribution in [0.5, 0.6) is 0 Å². The van der Waals surface area contributed by atoms with Crippen molar-refractivity contribution in [1.82, 2.24) is 10.4 Å². The zero-order chi connectivity index (χ0) is 12.1. The predicted molar refractivity (Wildman–Crippen MR) is 72.1 cm³/mol. The van der Waals surface area contributed by atoms with E-state index in [0.29, 0.717) is 0 Å². The Hall–Kier alpha value is -1.23. The largest absolute Gasteiger partial charge is 0.271 e. The van der Waals surface area contributed by atoms with Crippen molar-refractivity contribution >= 4 is 15.9 Å². The van der Waals surface area contributed by atoms with Crippen LogP contribution in [0.15, 0.2) is 53.3 Å². The lowest BCUT2D eigenvalue weighted by Gasteiger charge is -2.16. The Balaban J connectivity index is 2.13. The van der Waals surface area contributed by atoms with Crippen molar-refractivity contribution in [2.45, 2.75) is 12.5 Å². The Kier molecular flexibility index (Phi) is 4.25. The molecule has 0 radical (unpaired) electrons. The number of hydrazine groups is 1. The van der Waals surface area contributed by atoms with Crippen molar-refractivity contribution in [2.75, 3.05) is 0 Å². The first-order valence-corrected chi connectivity index (χ1v) is 6.19. The summed E-state index contributed by atoms with van der Waals surface area (Å²) in [7, 11) is 0. The van der Waals surface area contributed by atoms with Gasteiger partial charge in [0.25, 0.3) is 0 Å². The molecule has 0 aliphatic heterocycles. The third-order valence-electron chi connectivity index (χ3n) is 2.66. The van der Waals surface area contributed by atoms with Crippen LogP contribution in [0, 0.1) is 0 Å². The molecule has 4 heteroatoms. The summed E-state index contributed by atoms with van der Waals surface area (Å²) in [5, 5.41) is 0. The van der Waals surface area contributed by atoms with Gasteiger partial charge in [0.2, 0.25) is 0 Å². The summed E-state index contributed by atoms with van der Waals surface area (Å²) in [5.41, 5.74) is 5.23. The van der Waals surface area contributed by atoms with Crippen LogP contribution in [0.3, 0.4) is 0 Å². The van der Waals surface area contributed by atoms with Gasteiger partial charge in [-0.3, -0.25) is 16.3 Å². The minimum Gasteiger partial charge on any atom is -0.271 e. The SMILES string of the molecule is NNC(Cc1ccc(Br)cc1)c1ccncc1. The van der Waals surface area contributed by atoms with Gasteiger partial charge < -0.3 is 0 Å². The maximum atomic E-state index is 5.60. The summed E-state index contributed by atoms with van der Waals surface area (Å²) in [6.07, 6.45) is 4.41. The minimum atomic E-state index is 0.110. The van der Waals surface area contributed by atoms with E-state index < -0.39 is 0 Å². The van der Waals surface area contributed by atoms with Crippen molar-refractivity contribution in [3.05, 3.63) is 64.4 Å². The maximum Gasteiger partial charge on any atom is 0.0501 e. The zero-order valence-electron chi connectivity index (χ0n) is 9.31. The van der Waals surface area contributed by atoms with Crippen molar-refractivity contribution in [3.8, 4) is 0 Å². The number of hydrogen-bond acceptors (Lipinski definition) is 3. The monoisotopic (exact) mass is 291 g/mol. The van der Waals surface area contributed by atoms with Gasteiger partial charge in [0.05, 0.1) is 6.04 Å². The van der Waals surface area contributed by atoms with Gasteiger partial charge in [-0.2, -0.15) is 0 Å². The van der Waals surface area contributed by atoms with E-state index in [1.54, 1.807) is 12.4 Å². The molecule has 0 bridgehead atoms. The van der Waals surface area contributed by atoms with Crippen LogP contribution in [-0.2, 0) is 6.42 Å². The van der Waals surface area contributed by atoms with E-state index in [1.165, 1.54) is 5.56 Å². The van der Waals surface area contributed by atoms with E-state index in [9.17, 15) is 0 Å². The lowest BCUT2D eigenvalue weighted by molar-refractivity contribution is 0.551. The Morgan fingerprint density at radius 1 is 1.12 bits per heavy atom. The topological polar surface area (TPSA) is 50.9 Å². The Morgan fingerprint density at radius 3 is 2.35 bits per heavy atom. The molecule has 2 aromatic rings. The third kappa shape index (κ3) is 3.36. The summed E-state index contributed by atoms with van der Waals surface area (Å²) in [6, 6.07) is 12.3. The quantitative estimate of drug-likeness (QED) is 0.672. The van der Waals surface area contributed by atoms with Crippen molar-refractivity contribution < 1.29 is 0 Å². The average molecular weight is 292 g/mol. The number of nitrogens with zero attached hydrogens (tertiary/aromatic N) is 1. The molecule has 0 saturated carbocycles. The molecule has 0 saturated heterocycles. The molecule has 0 fully saturated rings. The first kappa shape index (κ1) is 12.2. The standard InChI is InChI=1S/C13H14BrN3/c14-12-3-1-10(2-4-12)9-13(17-15)11-5-7-16-8-6-11/h1-8,13,17H,9,15H2. The van der Waals surface area contributed by atoms with Crippen LogP contribution >= 0.6 is 15.9 Å². The number of aromatic nitrogens is 1. The second kappa shape index (κ2) is 5.91. The molecule has 2 rings (SSSR count). The summed E-state index contributed by atoms with van der Waals surface area (Å²) >= 11 is 3.43. The van der Waals surface area contributed by atoms with E-state index in [1.807, 2.05) is 24.3 Å². The molecule has 1 aromatic carbocycles. The summed E-state index contributed by atoms with van der Waals surface area (Å²) in [4.78, 5) is 4.01.